The van der Waals surface area contributed by atoms with Crippen LogP contribution in [0.4, 0.5) is 0 Å². The van der Waals surface area contributed by atoms with E-state index >= 15 is 0 Å². The number of carbonyl (C=O) groups is 1. The van der Waals surface area contributed by atoms with Crippen molar-refractivity contribution in [1.29, 1.82) is 0 Å². The van der Waals surface area contributed by atoms with Gasteiger partial charge in [0.25, 0.3) is 0 Å². The lowest BCUT2D eigenvalue weighted by Crippen LogP contribution is -1.95. The van der Waals surface area contributed by atoms with Crippen molar-refractivity contribution in [1.82, 2.24) is 0 Å². The Kier molecular flexibility index (Phi) is 3.12. The van der Waals surface area contributed by atoms with Gasteiger partial charge in [0.1, 0.15) is 6.29 Å². The second-order valence-corrected chi connectivity index (χ2v) is 3.74. The first-order chi connectivity index (χ1) is 4.43. The van der Waals surface area contributed by atoms with Crippen LogP contribution in [0, 0.1) is 0 Å². The zero-order valence-electron chi connectivity index (χ0n) is 5.51. The maximum absolute atomic E-state index is 9.94. The fourth-order valence-electron chi connectivity index (χ4n) is 1.23. The van der Waals surface area contributed by atoms with Crippen molar-refractivity contribution in [2.75, 3.05) is 5.75 Å². The van der Waals surface area contributed by atoms with E-state index in [-0.39, 0.29) is 0 Å². The quantitative estimate of drug-likeness (QED) is 0.562. The zero-order chi connectivity index (χ0) is 6.53. The van der Waals surface area contributed by atoms with Gasteiger partial charge >= 0.3 is 0 Å². The van der Waals surface area contributed by atoms with E-state index in [0.29, 0.717) is 5.75 Å². The van der Waals surface area contributed by atoms with Gasteiger partial charge in [-0.05, 0) is 12.8 Å². The predicted octanol–water partition coefficient (Wildman–Crippen LogP) is 1.86. The van der Waals surface area contributed by atoms with Gasteiger partial charge in [0.15, 0.2) is 0 Å². The topological polar surface area (TPSA) is 17.1 Å². The van der Waals surface area contributed by atoms with E-state index in [1.54, 1.807) is 0 Å². The van der Waals surface area contributed by atoms with Gasteiger partial charge in [-0.2, -0.15) is 11.8 Å². The van der Waals surface area contributed by atoms with Crippen molar-refractivity contribution in [2.24, 2.45) is 0 Å². The lowest BCUT2D eigenvalue weighted by atomic mass is 10.4. The van der Waals surface area contributed by atoms with Crippen LogP contribution in [0.1, 0.15) is 25.7 Å². The van der Waals surface area contributed by atoms with E-state index in [2.05, 4.69) is 0 Å². The molecule has 0 radical (unpaired) electrons. The predicted molar refractivity (Wildman–Crippen MR) is 40.8 cm³/mol. The first kappa shape index (κ1) is 7.13. The smallest absolute Gasteiger partial charge is 0.129 e. The van der Waals surface area contributed by atoms with Crippen LogP contribution in [0.3, 0.4) is 0 Å². The number of hydrogen-bond donors (Lipinski definition) is 0. The normalized spacial score (nSPS) is 20.4. The Hall–Kier alpha value is 0.0200. The van der Waals surface area contributed by atoms with Gasteiger partial charge in [-0.1, -0.05) is 12.8 Å². The molecule has 0 unspecified atom stereocenters. The molecular weight excluding hydrogens is 132 g/mol. The molecule has 0 atom stereocenters. The SMILES string of the molecule is O=CCSC1CCCC1. The molecule has 1 saturated carbocycles. The van der Waals surface area contributed by atoms with Crippen LogP contribution in [-0.4, -0.2) is 17.3 Å². The molecule has 0 aliphatic heterocycles. The van der Waals surface area contributed by atoms with Crippen LogP contribution >= 0.6 is 11.8 Å². The molecule has 2 heteroatoms. The van der Waals surface area contributed by atoms with E-state index in [4.69, 9.17) is 0 Å². The van der Waals surface area contributed by atoms with Crippen molar-refractivity contribution < 1.29 is 4.79 Å². The molecule has 9 heavy (non-hydrogen) atoms. The molecule has 1 nitrogen and oxygen atoms in total. The molecule has 1 rings (SSSR count). The molecule has 1 aliphatic rings. The highest BCUT2D eigenvalue weighted by Gasteiger charge is 2.13. The van der Waals surface area contributed by atoms with Gasteiger partial charge in [-0.15, -0.1) is 0 Å². The molecule has 0 spiro atoms. The van der Waals surface area contributed by atoms with Crippen LogP contribution in [-0.2, 0) is 4.79 Å². The number of carbonyl (C=O) groups excluding carboxylic acids is 1. The fourth-order valence-corrected chi connectivity index (χ4v) is 2.25. The molecule has 1 aliphatic carbocycles. The van der Waals surface area contributed by atoms with Crippen LogP contribution in [0.2, 0.25) is 0 Å². The first-order valence-electron chi connectivity index (χ1n) is 3.48. The third-order valence-electron chi connectivity index (χ3n) is 1.70. The van der Waals surface area contributed by atoms with E-state index < -0.39 is 0 Å². The fraction of sp³-hybridized carbons (Fsp3) is 0.857. The number of rotatable bonds is 3. The summed E-state index contributed by atoms with van der Waals surface area (Å²) in [6, 6.07) is 0. The highest BCUT2D eigenvalue weighted by atomic mass is 32.2. The van der Waals surface area contributed by atoms with Crippen molar-refractivity contribution in [3.05, 3.63) is 0 Å². The van der Waals surface area contributed by atoms with Gasteiger partial charge in [-0.25, -0.2) is 0 Å². The highest BCUT2D eigenvalue weighted by Crippen LogP contribution is 2.28. The molecule has 0 aromatic rings. The van der Waals surface area contributed by atoms with Gasteiger partial charge in [-0.3, -0.25) is 0 Å². The summed E-state index contributed by atoms with van der Waals surface area (Å²) in [4.78, 5) is 9.94. The largest absolute Gasteiger partial charge is 0.302 e. The highest BCUT2D eigenvalue weighted by molar-refractivity contribution is 8.00. The number of hydrogen-bond acceptors (Lipinski definition) is 2. The average molecular weight is 144 g/mol. The van der Waals surface area contributed by atoms with Crippen molar-refractivity contribution in [2.45, 2.75) is 30.9 Å². The van der Waals surface area contributed by atoms with Gasteiger partial charge in [0.2, 0.25) is 0 Å². The second kappa shape index (κ2) is 3.94. The molecule has 0 aromatic carbocycles. The summed E-state index contributed by atoms with van der Waals surface area (Å²) < 4.78 is 0. The Balaban J connectivity index is 2.04. The maximum atomic E-state index is 9.94. The Morgan fingerprint density at radius 1 is 1.44 bits per heavy atom. The average Bonchev–Trinajstić information content (AvgIpc) is 2.34. The maximum Gasteiger partial charge on any atom is 0.129 e. The van der Waals surface area contributed by atoms with E-state index in [0.717, 1.165) is 11.5 Å². The molecule has 52 valence electrons. The molecule has 1 fully saturated rings. The van der Waals surface area contributed by atoms with E-state index in [1.807, 2.05) is 11.8 Å². The molecular formula is C7H12OS. The van der Waals surface area contributed by atoms with E-state index in [9.17, 15) is 4.79 Å². The molecule has 0 saturated heterocycles. The molecule has 0 aromatic heterocycles. The summed E-state index contributed by atoms with van der Waals surface area (Å²) in [6.45, 7) is 0. The van der Waals surface area contributed by atoms with Crippen LogP contribution in [0.15, 0.2) is 0 Å². The van der Waals surface area contributed by atoms with Gasteiger partial charge in [0.05, 0.1) is 0 Å². The second-order valence-electron chi connectivity index (χ2n) is 2.41. The van der Waals surface area contributed by atoms with Gasteiger partial charge < -0.3 is 4.79 Å². The molecule has 0 amide bonds. The van der Waals surface area contributed by atoms with Crippen LogP contribution in [0.25, 0.3) is 0 Å². The number of aldehydes is 1. The summed E-state index contributed by atoms with van der Waals surface area (Å²) in [6.07, 6.45) is 6.41. The third kappa shape index (κ3) is 2.39. The molecule has 0 bridgehead atoms. The number of thioether (sulfide) groups is 1. The minimum atomic E-state index is 0.699. The van der Waals surface area contributed by atoms with Crippen molar-refractivity contribution >= 4 is 18.0 Å². The lowest BCUT2D eigenvalue weighted by Gasteiger charge is -2.02. The summed E-state index contributed by atoms with van der Waals surface area (Å²) in [7, 11) is 0. The Morgan fingerprint density at radius 3 is 2.67 bits per heavy atom. The van der Waals surface area contributed by atoms with Crippen LogP contribution in [0.5, 0.6) is 0 Å². The third-order valence-corrected chi connectivity index (χ3v) is 2.97. The Labute approximate surface area is 60.2 Å². The standard InChI is InChI=1S/C7H12OS/c8-5-6-9-7-3-1-2-4-7/h5,7H,1-4,6H2. The molecule has 0 N–H and O–H groups in total. The summed E-state index contributed by atoms with van der Waals surface area (Å²) in [5.74, 6) is 0.699. The Morgan fingerprint density at radius 2 is 2.11 bits per heavy atom. The monoisotopic (exact) mass is 144 g/mol. The summed E-state index contributed by atoms with van der Waals surface area (Å²) >= 11 is 1.82. The Bertz CT molecular complexity index is 86.9. The van der Waals surface area contributed by atoms with Crippen LogP contribution < -0.4 is 0 Å². The van der Waals surface area contributed by atoms with Gasteiger partial charge in [0, 0.05) is 11.0 Å². The zero-order valence-corrected chi connectivity index (χ0v) is 6.32. The molecule has 0 heterocycles. The first-order valence-corrected chi connectivity index (χ1v) is 4.53. The summed E-state index contributed by atoms with van der Waals surface area (Å²) in [5.41, 5.74) is 0. The minimum Gasteiger partial charge on any atom is -0.302 e. The van der Waals surface area contributed by atoms with Crippen molar-refractivity contribution in [3.8, 4) is 0 Å². The minimum absolute atomic E-state index is 0.699. The lowest BCUT2D eigenvalue weighted by molar-refractivity contribution is -0.105. The van der Waals surface area contributed by atoms with Crippen molar-refractivity contribution in [3.63, 3.8) is 0 Å². The summed E-state index contributed by atoms with van der Waals surface area (Å²) in [5, 5.41) is 0.801. The van der Waals surface area contributed by atoms with E-state index in [1.165, 1.54) is 25.7 Å².